The molecule has 1 atom stereocenters. The van der Waals surface area contributed by atoms with Crippen LogP contribution in [0.3, 0.4) is 0 Å². The van der Waals surface area contributed by atoms with Crippen molar-refractivity contribution in [1.29, 1.82) is 0 Å². The first-order valence-corrected chi connectivity index (χ1v) is 12.0. The van der Waals surface area contributed by atoms with Gasteiger partial charge in [-0.1, -0.05) is 23.8 Å². The van der Waals surface area contributed by atoms with Crippen LogP contribution in [0.15, 0.2) is 53.4 Å². The average Bonchev–Trinajstić information content (AvgIpc) is 3.08. The van der Waals surface area contributed by atoms with E-state index in [9.17, 15) is 13.2 Å². The number of likely N-dealkylation sites (tertiary alicyclic amines) is 1. The van der Waals surface area contributed by atoms with E-state index >= 15 is 0 Å². The molecule has 2 aliphatic heterocycles. The number of anilines is 1. The van der Waals surface area contributed by atoms with Crippen molar-refractivity contribution >= 4 is 32.5 Å². The number of hydrogen-bond acceptors (Lipinski definition) is 4. The van der Waals surface area contributed by atoms with Crippen molar-refractivity contribution in [2.24, 2.45) is 13.0 Å². The monoisotopic (exact) mass is 438 g/mol. The molecule has 5 rings (SSSR count). The smallest absolute Gasteiger partial charge is 0.270 e. The molecular weight excluding hydrogens is 412 g/mol. The lowest BCUT2D eigenvalue weighted by Gasteiger charge is -2.38. The van der Waals surface area contributed by atoms with E-state index in [1.54, 1.807) is 18.2 Å². The molecule has 0 spiro atoms. The summed E-state index contributed by atoms with van der Waals surface area (Å²) in [5, 5.41) is 4.40. The molecule has 162 valence electrons. The fourth-order valence-corrected chi connectivity index (χ4v) is 6.12. The van der Waals surface area contributed by atoms with Crippen LogP contribution in [-0.4, -0.2) is 43.0 Å². The van der Waals surface area contributed by atoms with Crippen LogP contribution in [0.4, 0.5) is 5.69 Å². The number of carbonyl (C=O) groups excluding carboxylic acids is 1. The molecule has 3 heterocycles. The molecule has 1 amide bonds. The molecule has 1 fully saturated rings. The molecule has 1 aromatic heterocycles. The fraction of sp³-hybridized carbons (Fsp3) is 0.348. The second-order valence-electron chi connectivity index (χ2n) is 8.52. The molecule has 1 saturated heterocycles. The van der Waals surface area contributed by atoms with Crippen LogP contribution < -0.4 is 10.0 Å². The van der Waals surface area contributed by atoms with Gasteiger partial charge in [0, 0.05) is 31.0 Å². The molecule has 1 unspecified atom stereocenters. The van der Waals surface area contributed by atoms with Gasteiger partial charge < -0.3 is 14.8 Å². The minimum absolute atomic E-state index is 0.0253. The minimum atomic E-state index is -3.53. The maximum Gasteiger partial charge on any atom is 0.270 e. The predicted molar refractivity (Wildman–Crippen MR) is 120 cm³/mol. The van der Waals surface area contributed by atoms with E-state index in [0.29, 0.717) is 24.5 Å². The number of sulfonamides is 1. The van der Waals surface area contributed by atoms with Gasteiger partial charge in [0.15, 0.2) is 0 Å². The van der Waals surface area contributed by atoms with Gasteiger partial charge in [-0.3, -0.25) is 4.79 Å². The summed E-state index contributed by atoms with van der Waals surface area (Å²) in [6.45, 7) is 3.25. The second-order valence-corrected chi connectivity index (χ2v) is 10.2. The largest absolute Gasteiger partial charge is 0.368 e. The fourth-order valence-electron chi connectivity index (χ4n) is 4.73. The second kappa shape index (κ2) is 7.39. The topological polar surface area (TPSA) is 83.4 Å². The zero-order valence-electron chi connectivity index (χ0n) is 17.6. The van der Waals surface area contributed by atoms with Gasteiger partial charge in [-0.15, -0.1) is 0 Å². The normalized spacial score (nSPS) is 21.0. The molecular formula is C23H26N4O3S. The standard InChI is InChI=1S/C23H26N4O3S/c1-15-7-8-19-17(13-15)14-20(26(19)2)23(28)27-11-9-16(10-12-27)22-24-18-5-3-4-6-21(18)31(29,30)25-22/h3-8,13-14,16,22,24-25H,9-12H2,1-2H3. The van der Waals surface area contributed by atoms with Crippen LogP contribution in [0.2, 0.25) is 0 Å². The number of fused-ring (bicyclic) bond motifs is 2. The van der Waals surface area contributed by atoms with Crippen LogP contribution in [0.1, 0.15) is 28.9 Å². The first kappa shape index (κ1) is 20.1. The van der Waals surface area contributed by atoms with Gasteiger partial charge in [-0.2, -0.15) is 4.72 Å². The lowest BCUT2D eigenvalue weighted by Crippen LogP contribution is -2.52. The summed E-state index contributed by atoms with van der Waals surface area (Å²) < 4.78 is 30.0. The number of benzene rings is 2. The van der Waals surface area contributed by atoms with Crippen molar-refractivity contribution in [3.63, 3.8) is 0 Å². The summed E-state index contributed by atoms with van der Waals surface area (Å²) in [4.78, 5) is 15.4. The Hall–Kier alpha value is -2.84. The lowest BCUT2D eigenvalue weighted by atomic mass is 9.93. The van der Waals surface area contributed by atoms with Crippen LogP contribution in [-0.2, 0) is 17.1 Å². The summed E-state index contributed by atoms with van der Waals surface area (Å²) in [7, 11) is -1.61. The molecule has 8 heteroatoms. The third-order valence-corrected chi connectivity index (χ3v) is 7.98. The molecule has 0 saturated carbocycles. The van der Waals surface area contributed by atoms with Gasteiger partial charge in [-0.25, -0.2) is 8.42 Å². The number of hydrogen-bond donors (Lipinski definition) is 2. The summed E-state index contributed by atoms with van der Waals surface area (Å²) in [5.41, 5.74) is 3.53. The number of piperidine rings is 1. The van der Waals surface area contributed by atoms with Crippen molar-refractivity contribution < 1.29 is 13.2 Å². The third kappa shape index (κ3) is 3.49. The lowest BCUT2D eigenvalue weighted by molar-refractivity contribution is 0.0670. The number of nitrogens with zero attached hydrogens (tertiary/aromatic N) is 2. The number of rotatable bonds is 2. The minimum Gasteiger partial charge on any atom is -0.368 e. The number of carbonyl (C=O) groups is 1. The van der Waals surface area contributed by atoms with Crippen molar-refractivity contribution in [3.8, 4) is 0 Å². The Morgan fingerprint density at radius 3 is 2.58 bits per heavy atom. The van der Waals surface area contributed by atoms with Crippen molar-refractivity contribution in [1.82, 2.24) is 14.2 Å². The Labute approximate surface area is 182 Å². The zero-order valence-corrected chi connectivity index (χ0v) is 18.4. The summed E-state index contributed by atoms with van der Waals surface area (Å²) in [6, 6.07) is 15.1. The van der Waals surface area contributed by atoms with E-state index in [-0.39, 0.29) is 22.9 Å². The molecule has 3 aromatic rings. The third-order valence-electron chi connectivity index (χ3n) is 6.49. The van der Waals surface area contributed by atoms with E-state index in [1.807, 2.05) is 41.6 Å². The van der Waals surface area contributed by atoms with Crippen LogP contribution >= 0.6 is 0 Å². The molecule has 2 N–H and O–H groups in total. The van der Waals surface area contributed by atoms with Crippen molar-refractivity contribution in [2.45, 2.75) is 30.8 Å². The molecule has 0 aliphatic carbocycles. The molecule has 31 heavy (non-hydrogen) atoms. The first-order valence-electron chi connectivity index (χ1n) is 10.6. The van der Waals surface area contributed by atoms with E-state index in [0.717, 1.165) is 23.7 Å². The van der Waals surface area contributed by atoms with Crippen LogP contribution in [0.25, 0.3) is 10.9 Å². The van der Waals surface area contributed by atoms with E-state index in [1.165, 1.54) is 5.56 Å². The number of nitrogens with one attached hydrogen (secondary N) is 2. The molecule has 7 nitrogen and oxygen atoms in total. The average molecular weight is 439 g/mol. The Bertz CT molecular complexity index is 1270. The zero-order chi connectivity index (χ0) is 21.8. The molecule has 2 aliphatic rings. The predicted octanol–water partition coefficient (Wildman–Crippen LogP) is 3.07. The highest BCUT2D eigenvalue weighted by atomic mass is 32.2. The number of amides is 1. The number of para-hydroxylation sites is 1. The Kier molecular flexibility index (Phi) is 4.79. The maximum absolute atomic E-state index is 13.2. The quantitative estimate of drug-likeness (QED) is 0.644. The van der Waals surface area contributed by atoms with Gasteiger partial charge in [0.1, 0.15) is 10.6 Å². The summed E-state index contributed by atoms with van der Waals surface area (Å²) in [5.74, 6) is 0.139. The number of aromatic nitrogens is 1. The highest BCUT2D eigenvalue weighted by Gasteiger charge is 2.36. The van der Waals surface area contributed by atoms with Gasteiger partial charge in [0.2, 0.25) is 10.0 Å². The van der Waals surface area contributed by atoms with Crippen molar-refractivity contribution in [3.05, 3.63) is 59.8 Å². The highest BCUT2D eigenvalue weighted by molar-refractivity contribution is 7.89. The SMILES string of the molecule is Cc1ccc2c(c1)cc(C(=O)N1CCC(C3Nc4ccccc4S(=O)(=O)N3)CC1)n2C. The summed E-state index contributed by atoms with van der Waals surface area (Å²) >= 11 is 0. The van der Waals surface area contributed by atoms with Gasteiger partial charge in [0.05, 0.1) is 11.9 Å². The van der Waals surface area contributed by atoms with E-state index in [2.05, 4.69) is 22.2 Å². The maximum atomic E-state index is 13.2. The van der Waals surface area contributed by atoms with Crippen LogP contribution in [0.5, 0.6) is 0 Å². The van der Waals surface area contributed by atoms with Gasteiger partial charge in [0.25, 0.3) is 5.91 Å². The highest BCUT2D eigenvalue weighted by Crippen LogP contribution is 2.31. The van der Waals surface area contributed by atoms with Gasteiger partial charge in [-0.05, 0) is 56.0 Å². The molecule has 0 radical (unpaired) electrons. The Morgan fingerprint density at radius 1 is 1.06 bits per heavy atom. The number of aryl methyl sites for hydroxylation is 2. The van der Waals surface area contributed by atoms with E-state index in [4.69, 9.17) is 0 Å². The Balaban J connectivity index is 1.30. The Morgan fingerprint density at radius 2 is 1.81 bits per heavy atom. The molecule has 2 aromatic carbocycles. The molecule has 0 bridgehead atoms. The summed E-state index contributed by atoms with van der Waals surface area (Å²) in [6.07, 6.45) is 1.10. The van der Waals surface area contributed by atoms with Crippen LogP contribution in [0, 0.1) is 12.8 Å². The van der Waals surface area contributed by atoms with Crippen molar-refractivity contribution in [2.75, 3.05) is 18.4 Å². The first-order chi connectivity index (χ1) is 14.8. The van der Waals surface area contributed by atoms with E-state index < -0.39 is 10.0 Å². The van der Waals surface area contributed by atoms with Gasteiger partial charge >= 0.3 is 0 Å².